The zero-order valence-corrected chi connectivity index (χ0v) is 14.5. The van der Waals surface area contributed by atoms with Gasteiger partial charge in [0.25, 0.3) is 11.8 Å². The molecule has 2 aromatic rings. The van der Waals surface area contributed by atoms with E-state index >= 15 is 0 Å². The maximum absolute atomic E-state index is 12.3. The molecule has 3 amide bonds. The Morgan fingerprint density at radius 2 is 1.62 bits per heavy atom. The Bertz CT molecular complexity index is 812. The normalized spacial score (nSPS) is 12.9. The second kappa shape index (κ2) is 7.82. The van der Waals surface area contributed by atoms with E-state index in [0.29, 0.717) is 24.1 Å². The predicted octanol–water partition coefficient (Wildman–Crippen LogP) is 2.39. The third-order valence-corrected chi connectivity index (χ3v) is 4.33. The molecule has 26 heavy (non-hydrogen) atoms. The van der Waals surface area contributed by atoms with Crippen molar-refractivity contribution in [2.75, 3.05) is 13.7 Å². The van der Waals surface area contributed by atoms with E-state index in [2.05, 4.69) is 5.32 Å². The fourth-order valence-electron chi connectivity index (χ4n) is 2.97. The van der Waals surface area contributed by atoms with Crippen LogP contribution in [0.4, 0.5) is 0 Å². The van der Waals surface area contributed by atoms with Gasteiger partial charge in [0.15, 0.2) is 0 Å². The Morgan fingerprint density at radius 1 is 1.00 bits per heavy atom. The van der Waals surface area contributed by atoms with Gasteiger partial charge in [0.2, 0.25) is 5.91 Å². The van der Waals surface area contributed by atoms with Gasteiger partial charge in [-0.1, -0.05) is 30.3 Å². The zero-order chi connectivity index (χ0) is 18.5. The number of nitrogens with one attached hydrogen (secondary N) is 1. The van der Waals surface area contributed by atoms with Gasteiger partial charge in [0.1, 0.15) is 5.75 Å². The van der Waals surface area contributed by atoms with Crippen molar-refractivity contribution >= 4 is 17.7 Å². The second-order valence-corrected chi connectivity index (χ2v) is 6.00. The number of nitrogens with zero attached hydrogens (tertiary/aromatic N) is 1. The van der Waals surface area contributed by atoms with Gasteiger partial charge in [-0.2, -0.15) is 0 Å². The molecule has 0 radical (unpaired) electrons. The van der Waals surface area contributed by atoms with E-state index in [4.69, 9.17) is 4.74 Å². The van der Waals surface area contributed by atoms with Crippen LogP contribution >= 0.6 is 0 Å². The summed E-state index contributed by atoms with van der Waals surface area (Å²) >= 11 is 0. The van der Waals surface area contributed by atoms with Crippen LogP contribution in [-0.4, -0.2) is 36.3 Å². The van der Waals surface area contributed by atoms with E-state index < -0.39 is 0 Å². The molecule has 2 aromatic carbocycles. The number of imide groups is 1. The highest BCUT2D eigenvalue weighted by atomic mass is 16.5. The number of hydrogen-bond donors (Lipinski definition) is 1. The molecule has 1 aliphatic rings. The number of rotatable bonds is 7. The van der Waals surface area contributed by atoms with Crippen LogP contribution in [0, 0.1) is 0 Å². The summed E-state index contributed by atoms with van der Waals surface area (Å²) < 4.78 is 5.25. The molecule has 0 bridgehead atoms. The van der Waals surface area contributed by atoms with Crippen LogP contribution in [0.1, 0.15) is 39.1 Å². The molecule has 0 fully saturated rings. The molecule has 0 unspecified atom stereocenters. The van der Waals surface area contributed by atoms with Crippen molar-refractivity contribution in [2.24, 2.45) is 0 Å². The van der Waals surface area contributed by atoms with Crippen LogP contribution in [0.3, 0.4) is 0 Å². The summed E-state index contributed by atoms with van der Waals surface area (Å²) in [5.41, 5.74) is 1.75. The van der Waals surface area contributed by atoms with Gasteiger partial charge >= 0.3 is 0 Å². The first-order valence-electron chi connectivity index (χ1n) is 8.45. The van der Waals surface area contributed by atoms with E-state index in [-0.39, 0.29) is 30.7 Å². The van der Waals surface area contributed by atoms with E-state index in [9.17, 15) is 14.4 Å². The Morgan fingerprint density at radius 3 is 2.27 bits per heavy atom. The third kappa shape index (κ3) is 3.59. The van der Waals surface area contributed by atoms with E-state index in [1.807, 2.05) is 24.3 Å². The number of carbonyl (C=O) groups excluding carboxylic acids is 3. The molecular weight excluding hydrogens is 332 g/mol. The predicted molar refractivity (Wildman–Crippen MR) is 95.9 cm³/mol. The Kier molecular flexibility index (Phi) is 5.31. The van der Waals surface area contributed by atoms with Crippen LogP contribution in [-0.2, 0) is 11.3 Å². The van der Waals surface area contributed by atoms with E-state index in [0.717, 1.165) is 11.3 Å². The van der Waals surface area contributed by atoms with Gasteiger partial charge in [-0.3, -0.25) is 19.3 Å². The van der Waals surface area contributed by atoms with Crippen molar-refractivity contribution < 1.29 is 19.1 Å². The molecule has 0 aromatic heterocycles. The molecule has 0 saturated carbocycles. The summed E-state index contributed by atoms with van der Waals surface area (Å²) in [7, 11) is 1.59. The van der Waals surface area contributed by atoms with E-state index in [1.165, 1.54) is 4.90 Å². The molecule has 0 aliphatic carbocycles. The quantitative estimate of drug-likeness (QED) is 0.777. The lowest BCUT2D eigenvalue weighted by Gasteiger charge is -2.13. The van der Waals surface area contributed by atoms with Crippen molar-refractivity contribution in [3.8, 4) is 5.75 Å². The SMILES string of the molecule is COc1ccccc1CNC(=O)CCCN1C(=O)c2ccccc2C1=O. The van der Waals surface area contributed by atoms with Gasteiger partial charge in [0, 0.05) is 25.1 Å². The maximum atomic E-state index is 12.3. The summed E-state index contributed by atoms with van der Waals surface area (Å²) in [6.07, 6.45) is 0.659. The fourth-order valence-corrected chi connectivity index (χ4v) is 2.97. The van der Waals surface area contributed by atoms with E-state index in [1.54, 1.807) is 31.4 Å². The van der Waals surface area contributed by atoms with Crippen LogP contribution in [0.25, 0.3) is 0 Å². The minimum atomic E-state index is -0.292. The standard InChI is InChI=1S/C20H20N2O4/c1-26-17-10-5-2-7-14(17)13-21-18(23)11-6-12-22-19(24)15-8-3-4-9-16(15)20(22)25/h2-5,7-10H,6,11-13H2,1H3,(H,21,23). The van der Waals surface area contributed by atoms with Crippen LogP contribution < -0.4 is 10.1 Å². The first-order chi connectivity index (χ1) is 12.6. The molecule has 1 heterocycles. The lowest BCUT2D eigenvalue weighted by atomic mass is 10.1. The first-order valence-corrected chi connectivity index (χ1v) is 8.45. The van der Waals surface area contributed by atoms with Gasteiger partial charge in [-0.25, -0.2) is 0 Å². The Labute approximate surface area is 151 Å². The summed E-state index contributed by atoms with van der Waals surface area (Å²) in [6, 6.07) is 14.2. The molecule has 0 spiro atoms. The Hall–Kier alpha value is -3.15. The van der Waals surface area contributed by atoms with Gasteiger partial charge in [-0.05, 0) is 24.6 Å². The van der Waals surface area contributed by atoms with Crippen LogP contribution in [0.15, 0.2) is 48.5 Å². The van der Waals surface area contributed by atoms with Gasteiger partial charge in [-0.15, -0.1) is 0 Å². The molecule has 0 atom stereocenters. The molecule has 0 saturated heterocycles. The average Bonchev–Trinajstić information content (AvgIpc) is 2.91. The Balaban J connectivity index is 1.47. The number of fused-ring (bicyclic) bond motifs is 1. The van der Waals surface area contributed by atoms with Gasteiger partial charge < -0.3 is 10.1 Å². The highest BCUT2D eigenvalue weighted by Gasteiger charge is 2.34. The number of carbonyl (C=O) groups is 3. The summed E-state index contributed by atoms with van der Waals surface area (Å²) in [6.45, 7) is 0.601. The summed E-state index contributed by atoms with van der Waals surface area (Å²) in [5, 5.41) is 2.83. The second-order valence-electron chi connectivity index (χ2n) is 6.00. The van der Waals surface area contributed by atoms with Gasteiger partial charge in [0.05, 0.1) is 18.2 Å². The van der Waals surface area contributed by atoms with Crippen molar-refractivity contribution in [3.63, 3.8) is 0 Å². The molecule has 1 N–H and O–H groups in total. The average molecular weight is 352 g/mol. The van der Waals surface area contributed by atoms with Crippen molar-refractivity contribution in [3.05, 3.63) is 65.2 Å². The highest BCUT2D eigenvalue weighted by molar-refractivity contribution is 6.21. The third-order valence-electron chi connectivity index (χ3n) is 4.33. The van der Waals surface area contributed by atoms with Crippen molar-refractivity contribution in [1.29, 1.82) is 0 Å². The zero-order valence-electron chi connectivity index (χ0n) is 14.5. The highest BCUT2D eigenvalue weighted by Crippen LogP contribution is 2.22. The number of ether oxygens (including phenoxy) is 1. The lowest BCUT2D eigenvalue weighted by Crippen LogP contribution is -2.32. The first kappa shape index (κ1) is 17.7. The molecule has 3 rings (SSSR count). The van der Waals surface area contributed by atoms with Crippen LogP contribution in [0.2, 0.25) is 0 Å². The van der Waals surface area contributed by atoms with Crippen LogP contribution in [0.5, 0.6) is 5.75 Å². The maximum Gasteiger partial charge on any atom is 0.261 e. The molecule has 6 nitrogen and oxygen atoms in total. The van der Waals surface area contributed by atoms with Crippen molar-refractivity contribution in [2.45, 2.75) is 19.4 Å². The van der Waals surface area contributed by atoms with Crippen molar-refractivity contribution in [1.82, 2.24) is 10.2 Å². The number of hydrogen-bond acceptors (Lipinski definition) is 4. The number of para-hydroxylation sites is 1. The lowest BCUT2D eigenvalue weighted by molar-refractivity contribution is -0.121. The number of methoxy groups -OCH3 is 1. The minimum Gasteiger partial charge on any atom is -0.496 e. The molecular formula is C20H20N2O4. The molecule has 134 valence electrons. The largest absolute Gasteiger partial charge is 0.496 e. The summed E-state index contributed by atoms with van der Waals surface area (Å²) in [4.78, 5) is 37.7. The topological polar surface area (TPSA) is 75.7 Å². The number of amides is 3. The monoisotopic (exact) mass is 352 g/mol. The molecule has 6 heteroatoms. The minimum absolute atomic E-state index is 0.132. The number of benzene rings is 2. The fraction of sp³-hybridized carbons (Fsp3) is 0.250. The smallest absolute Gasteiger partial charge is 0.261 e. The summed E-state index contributed by atoms with van der Waals surface area (Å²) in [5.74, 6) is 0.00593. The molecule has 1 aliphatic heterocycles.